The van der Waals surface area contributed by atoms with Crippen molar-refractivity contribution in [2.45, 2.75) is 13.5 Å². The summed E-state index contributed by atoms with van der Waals surface area (Å²) >= 11 is 0. The highest BCUT2D eigenvalue weighted by atomic mass is 16.3. The molecule has 5 nitrogen and oxygen atoms in total. The number of aryl methyl sites for hydroxylation is 1. The lowest BCUT2D eigenvalue weighted by Crippen LogP contribution is -2.43. The highest BCUT2D eigenvalue weighted by Crippen LogP contribution is 2.14. The van der Waals surface area contributed by atoms with Gasteiger partial charge in [0.2, 0.25) is 5.91 Å². The molecule has 25 heavy (non-hydrogen) atoms. The second kappa shape index (κ2) is 8.14. The summed E-state index contributed by atoms with van der Waals surface area (Å²) in [6.45, 7) is 7.17. The van der Waals surface area contributed by atoms with Crippen LogP contribution in [-0.4, -0.2) is 48.9 Å². The van der Waals surface area contributed by atoms with E-state index in [0.717, 1.165) is 44.2 Å². The van der Waals surface area contributed by atoms with E-state index < -0.39 is 0 Å². The van der Waals surface area contributed by atoms with Gasteiger partial charge in [-0.3, -0.25) is 9.69 Å². The number of hydrogen-bond acceptors (Lipinski definition) is 4. The highest BCUT2D eigenvalue weighted by molar-refractivity contribution is 6.01. The number of nitrogens with one attached hydrogen (secondary N) is 1. The summed E-state index contributed by atoms with van der Waals surface area (Å²) in [4.78, 5) is 16.9. The Labute approximate surface area is 148 Å². The number of rotatable bonds is 5. The van der Waals surface area contributed by atoms with Gasteiger partial charge < -0.3 is 14.6 Å². The van der Waals surface area contributed by atoms with Crippen molar-refractivity contribution in [2.75, 3.05) is 38.5 Å². The molecular formula is C20H25N3O2. The Hall–Kier alpha value is -2.37. The van der Waals surface area contributed by atoms with Crippen molar-refractivity contribution in [1.82, 2.24) is 9.80 Å². The lowest BCUT2D eigenvalue weighted by atomic mass is 10.1. The lowest BCUT2D eigenvalue weighted by Gasteiger charge is -2.32. The number of carbonyl (C=O) groups is 1. The molecule has 0 saturated carbocycles. The topological polar surface area (TPSA) is 48.7 Å². The van der Waals surface area contributed by atoms with Crippen molar-refractivity contribution >= 4 is 17.7 Å². The molecule has 3 rings (SSSR count). The summed E-state index contributed by atoms with van der Waals surface area (Å²) in [6, 6.07) is 11.8. The van der Waals surface area contributed by atoms with E-state index in [1.807, 2.05) is 37.3 Å². The van der Waals surface area contributed by atoms with Crippen LogP contribution in [0.25, 0.3) is 6.08 Å². The van der Waals surface area contributed by atoms with Gasteiger partial charge in [-0.2, -0.15) is 0 Å². The number of furan rings is 1. The fourth-order valence-corrected chi connectivity index (χ4v) is 2.90. The van der Waals surface area contributed by atoms with E-state index in [-0.39, 0.29) is 5.91 Å². The van der Waals surface area contributed by atoms with Gasteiger partial charge in [0, 0.05) is 44.5 Å². The summed E-state index contributed by atoms with van der Waals surface area (Å²) in [5.74, 6) is 1.35. The number of benzene rings is 1. The molecule has 2 heterocycles. The standard InChI is InChI=1S/C20H25N3O2/c1-16-6-7-19(25-16)8-9-20(24)21-18-5-3-4-17(14-18)15-23-12-10-22(2)11-13-23/h3-9,14H,10-13,15H2,1-2H3,(H,21,24)/b9-8-. The fraction of sp³-hybridized carbons (Fsp3) is 0.350. The number of nitrogens with zero attached hydrogens (tertiary/aromatic N) is 2. The molecule has 0 spiro atoms. The zero-order chi connectivity index (χ0) is 17.6. The monoisotopic (exact) mass is 339 g/mol. The molecule has 1 fully saturated rings. The maximum Gasteiger partial charge on any atom is 0.248 e. The second-order valence-electron chi connectivity index (χ2n) is 6.55. The average molecular weight is 339 g/mol. The van der Waals surface area contributed by atoms with Crippen molar-refractivity contribution in [3.63, 3.8) is 0 Å². The van der Waals surface area contributed by atoms with Crippen molar-refractivity contribution < 1.29 is 9.21 Å². The number of hydrogen-bond donors (Lipinski definition) is 1. The molecule has 0 aliphatic carbocycles. The molecule has 1 aliphatic rings. The molecule has 1 aromatic carbocycles. The van der Waals surface area contributed by atoms with Crippen LogP contribution in [0.4, 0.5) is 5.69 Å². The Morgan fingerprint density at radius 3 is 2.72 bits per heavy atom. The first kappa shape index (κ1) is 17.5. The van der Waals surface area contributed by atoms with Gasteiger partial charge in [-0.15, -0.1) is 0 Å². The lowest BCUT2D eigenvalue weighted by molar-refractivity contribution is -0.111. The zero-order valence-electron chi connectivity index (χ0n) is 14.9. The Kier molecular flexibility index (Phi) is 5.68. The third kappa shape index (κ3) is 5.31. The summed E-state index contributed by atoms with van der Waals surface area (Å²) in [5, 5.41) is 2.91. The first-order valence-electron chi connectivity index (χ1n) is 8.64. The molecular weight excluding hydrogens is 314 g/mol. The Balaban J connectivity index is 1.55. The van der Waals surface area contributed by atoms with Crippen molar-refractivity contribution in [2.24, 2.45) is 0 Å². The van der Waals surface area contributed by atoms with Crippen LogP contribution >= 0.6 is 0 Å². The van der Waals surface area contributed by atoms with Crippen LogP contribution in [0.1, 0.15) is 17.1 Å². The van der Waals surface area contributed by atoms with E-state index >= 15 is 0 Å². The van der Waals surface area contributed by atoms with Crippen LogP contribution in [0.15, 0.2) is 46.9 Å². The predicted molar refractivity (Wildman–Crippen MR) is 100 cm³/mol. The van der Waals surface area contributed by atoms with Gasteiger partial charge in [0.1, 0.15) is 11.5 Å². The van der Waals surface area contributed by atoms with Gasteiger partial charge >= 0.3 is 0 Å². The van der Waals surface area contributed by atoms with E-state index in [9.17, 15) is 4.79 Å². The molecule has 1 saturated heterocycles. The fourth-order valence-electron chi connectivity index (χ4n) is 2.90. The largest absolute Gasteiger partial charge is 0.462 e. The maximum absolute atomic E-state index is 12.1. The van der Waals surface area contributed by atoms with Gasteiger partial charge in [0.15, 0.2) is 0 Å². The molecule has 1 aliphatic heterocycles. The molecule has 0 atom stereocenters. The van der Waals surface area contributed by atoms with Gasteiger partial charge in [-0.25, -0.2) is 0 Å². The summed E-state index contributed by atoms with van der Waals surface area (Å²) < 4.78 is 5.42. The van der Waals surface area contributed by atoms with Crippen LogP contribution in [0, 0.1) is 6.92 Å². The SMILES string of the molecule is Cc1ccc(/C=C\C(=O)Nc2cccc(CN3CCN(C)CC3)c2)o1. The molecule has 1 amide bonds. The Bertz CT molecular complexity index is 743. The summed E-state index contributed by atoms with van der Waals surface area (Å²) in [5.41, 5.74) is 2.03. The van der Waals surface area contributed by atoms with Crippen LogP contribution in [0.2, 0.25) is 0 Å². The van der Waals surface area contributed by atoms with E-state index in [0.29, 0.717) is 5.76 Å². The number of amides is 1. The van der Waals surface area contributed by atoms with Crippen molar-refractivity contribution in [3.8, 4) is 0 Å². The number of anilines is 1. The van der Waals surface area contributed by atoms with Crippen LogP contribution in [-0.2, 0) is 11.3 Å². The van der Waals surface area contributed by atoms with E-state index in [1.54, 1.807) is 6.08 Å². The van der Waals surface area contributed by atoms with E-state index in [1.165, 1.54) is 11.6 Å². The van der Waals surface area contributed by atoms with Crippen LogP contribution in [0.5, 0.6) is 0 Å². The number of likely N-dealkylation sites (N-methyl/N-ethyl adjacent to an activating group) is 1. The predicted octanol–water partition coefficient (Wildman–Crippen LogP) is 2.99. The van der Waals surface area contributed by atoms with Gasteiger partial charge in [0.25, 0.3) is 0 Å². The number of piperazine rings is 1. The third-order valence-electron chi connectivity index (χ3n) is 4.36. The minimum absolute atomic E-state index is 0.161. The molecule has 132 valence electrons. The van der Waals surface area contributed by atoms with E-state index in [4.69, 9.17) is 4.42 Å². The summed E-state index contributed by atoms with van der Waals surface area (Å²) in [7, 11) is 2.16. The highest BCUT2D eigenvalue weighted by Gasteiger charge is 2.13. The first-order chi connectivity index (χ1) is 12.1. The zero-order valence-corrected chi connectivity index (χ0v) is 14.9. The smallest absolute Gasteiger partial charge is 0.248 e. The van der Waals surface area contributed by atoms with Gasteiger partial charge in [-0.1, -0.05) is 12.1 Å². The average Bonchev–Trinajstić information content (AvgIpc) is 3.01. The van der Waals surface area contributed by atoms with Gasteiger partial charge in [0.05, 0.1) is 0 Å². The molecule has 5 heteroatoms. The Morgan fingerprint density at radius 2 is 2.00 bits per heavy atom. The quantitative estimate of drug-likeness (QED) is 0.851. The first-order valence-corrected chi connectivity index (χ1v) is 8.64. The maximum atomic E-state index is 12.1. The molecule has 1 aromatic heterocycles. The molecule has 1 N–H and O–H groups in total. The molecule has 0 bridgehead atoms. The van der Waals surface area contributed by atoms with Gasteiger partial charge in [-0.05, 0) is 49.9 Å². The minimum Gasteiger partial charge on any atom is -0.462 e. The Morgan fingerprint density at radius 1 is 1.20 bits per heavy atom. The normalized spacial score (nSPS) is 16.4. The molecule has 0 unspecified atom stereocenters. The van der Waals surface area contributed by atoms with Crippen LogP contribution in [0.3, 0.4) is 0 Å². The van der Waals surface area contributed by atoms with E-state index in [2.05, 4.69) is 28.2 Å². The second-order valence-corrected chi connectivity index (χ2v) is 6.55. The number of carbonyl (C=O) groups excluding carboxylic acids is 1. The minimum atomic E-state index is -0.161. The van der Waals surface area contributed by atoms with Crippen molar-refractivity contribution in [1.29, 1.82) is 0 Å². The van der Waals surface area contributed by atoms with Crippen molar-refractivity contribution in [3.05, 3.63) is 59.6 Å². The molecule has 2 aromatic rings. The molecule has 0 radical (unpaired) electrons. The summed E-state index contributed by atoms with van der Waals surface area (Å²) in [6.07, 6.45) is 3.17. The third-order valence-corrected chi connectivity index (χ3v) is 4.36. The van der Waals surface area contributed by atoms with Crippen LogP contribution < -0.4 is 5.32 Å².